The van der Waals surface area contributed by atoms with Crippen molar-refractivity contribution in [3.8, 4) is 0 Å². The number of Topliss-reactive ketones (excluding diaryl/α,β-unsaturated/α-hetero) is 1. The van der Waals surface area contributed by atoms with Crippen molar-refractivity contribution in [3.63, 3.8) is 0 Å². The normalized spacial score (nSPS) is 43.7. The molecule has 3 fully saturated rings. The quantitative estimate of drug-likeness (QED) is 0.395. The summed E-state index contributed by atoms with van der Waals surface area (Å²) in [5.74, 6) is 2.05. The summed E-state index contributed by atoms with van der Waals surface area (Å²) in [6.07, 6.45) is 13.9. The molecule has 7 atom stereocenters. The summed E-state index contributed by atoms with van der Waals surface area (Å²) >= 11 is 0. The number of ether oxygens (including phenoxy) is 1. The van der Waals surface area contributed by atoms with Gasteiger partial charge >= 0.3 is 5.97 Å². The van der Waals surface area contributed by atoms with Crippen LogP contribution in [-0.2, 0) is 19.1 Å². The third kappa shape index (κ3) is 3.43. The van der Waals surface area contributed by atoms with Crippen molar-refractivity contribution in [3.05, 3.63) is 12.2 Å². The van der Waals surface area contributed by atoms with Crippen molar-refractivity contribution in [1.82, 2.24) is 0 Å². The van der Waals surface area contributed by atoms with Crippen molar-refractivity contribution in [2.45, 2.75) is 104 Å². The first-order chi connectivity index (χ1) is 14.7. The fraction of sp³-hybridized carbons (Fsp3) is 0.815. The van der Waals surface area contributed by atoms with Gasteiger partial charge in [-0.05, 0) is 87.0 Å². The molecule has 0 aromatic carbocycles. The Morgan fingerprint density at radius 2 is 1.81 bits per heavy atom. The molecule has 0 bridgehead atoms. The number of unbranched alkanes of at least 4 members (excludes halogenated alkanes) is 2. The lowest BCUT2D eigenvalue weighted by molar-refractivity contribution is -0.190. The molecule has 0 radical (unpaired) electrons. The minimum atomic E-state index is -0.956. The SMILES string of the molecule is CCCCCC(=O)O[C@]1(C(C)=O)CC[C@H]2[C@@H]3CC[C@H]4CC(=O)C=C[C@]4(C)[C@H]3CC[C@@]21C. The number of fused-ring (bicyclic) bond motifs is 5. The molecular weight excluding hydrogens is 388 g/mol. The van der Waals surface area contributed by atoms with Gasteiger partial charge in [-0.3, -0.25) is 14.4 Å². The van der Waals surface area contributed by atoms with E-state index in [-0.39, 0.29) is 28.4 Å². The van der Waals surface area contributed by atoms with Gasteiger partial charge in [0, 0.05) is 18.3 Å². The predicted octanol–water partition coefficient (Wildman–Crippen LogP) is 5.83. The Bertz CT molecular complexity index is 784. The Morgan fingerprint density at radius 1 is 1.06 bits per heavy atom. The van der Waals surface area contributed by atoms with Crippen LogP contribution in [0, 0.1) is 34.5 Å². The molecule has 0 amide bonds. The van der Waals surface area contributed by atoms with Gasteiger partial charge in [-0.15, -0.1) is 0 Å². The van der Waals surface area contributed by atoms with Crippen molar-refractivity contribution in [2.24, 2.45) is 34.5 Å². The Balaban J connectivity index is 1.59. The molecule has 0 saturated heterocycles. The molecule has 4 aliphatic carbocycles. The van der Waals surface area contributed by atoms with Gasteiger partial charge < -0.3 is 4.74 Å². The average Bonchev–Trinajstić information content (AvgIpc) is 3.02. The van der Waals surface area contributed by atoms with E-state index in [1.807, 2.05) is 6.08 Å². The van der Waals surface area contributed by atoms with Crippen LogP contribution < -0.4 is 0 Å². The molecule has 3 saturated carbocycles. The maximum atomic E-state index is 13.1. The summed E-state index contributed by atoms with van der Waals surface area (Å²) in [5.41, 5.74) is -1.16. The molecule has 0 N–H and O–H groups in total. The standard InChI is InChI=1S/C27H40O4/c1-5-6-7-8-24(30)31-27(18(2)28)16-13-23-21-10-9-19-17-20(29)11-14-25(19,3)22(21)12-15-26(23,27)4/h11,14,19,21-23H,5-10,12-13,15-17H2,1-4H3/t19-,21+,22-,23-,25-,26-,27-/m0/s1. The predicted molar refractivity (Wildman–Crippen MR) is 120 cm³/mol. The highest BCUT2D eigenvalue weighted by molar-refractivity contribution is 5.91. The zero-order valence-corrected chi connectivity index (χ0v) is 19.9. The number of hydrogen-bond donors (Lipinski definition) is 0. The first-order valence-corrected chi connectivity index (χ1v) is 12.6. The van der Waals surface area contributed by atoms with Crippen LogP contribution in [0.15, 0.2) is 12.2 Å². The number of esters is 1. The van der Waals surface area contributed by atoms with E-state index in [0.29, 0.717) is 42.9 Å². The number of ketones is 2. The van der Waals surface area contributed by atoms with Crippen molar-refractivity contribution >= 4 is 17.5 Å². The van der Waals surface area contributed by atoms with Gasteiger partial charge in [-0.2, -0.15) is 0 Å². The maximum Gasteiger partial charge on any atom is 0.306 e. The molecule has 0 unspecified atom stereocenters. The van der Waals surface area contributed by atoms with Crippen LogP contribution in [0.1, 0.15) is 98.3 Å². The minimum absolute atomic E-state index is 0.0304. The smallest absolute Gasteiger partial charge is 0.306 e. The Kier molecular flexibility index (Phi) is 5.98. The summed E-state index contributed by atoms with van der Waals surface area (Å²) in [6.45, 7) is 8.35. The molecule has 31 heavy (non-hydrogen) atoms. The molecule has 0 aromatic rings. The molecule has 0 heterocycles. The van der Waals surface area contributed by atoms with E-state index in [4.69, 9.17) is 4.74 Å². The van der Waals surface area contributed by atoms with E-state index in [1.54, 1.807) is 6.92 Å². The minimum Gasteiger partial charge on any atom is -0.450 e. The first-order valence-electron chi connectivity index (χ1n) is 12.6. The zero-order valence-electron chi connectivity index (χ0n) is 19.9. The largest absolute Gasteiger partial charge is 0.450 e. The highest BCUT2D eigenvalue weighted by Gasteiger charge is 2.68. The third-order valence-corrected chi connectivity index (χ3v) is 10.0. The van der Waals surface area contributed by atoms with E-state index in [9.17, 15) is 14.4 Å². The molecule has 172 valence electrons. The van der Waals surface area contributed by atoms with E-state index in [1.165, 1.54) is 0 Å². The van der Waals surface area contributed by atoms with E-state index < -0.39 is 5.60 Å². The van der Waals surface area contributed by atoms with Crippen molar-refractivity contribution in [2.75, 3.05) is 0 Å². The van der Waals surface area contributed by atoms with Gasteiger partial charge in [0.15, 0.2) is 17.2 Å². The highest BCUT2D eigenvalue weighted by atomic mass is 16.6. The fourth-order valence-electron chi connectivity index (χ4n) is 8.22. The van der Waals surface area contributed by atoms with Crippen LogP contribution >= 0.6 is 0 Å². The monoisotopic (exact) mass is 428 g/mol. The van der Waals surface area contributed by atoms with Crippen LogP contribution in [0.2, 0.25) is 0 Å². The number of carbonyl (C=O) groups is 3. The van der Waals surface area contributed by atoms with E-state index >= 15 is 0 Å². The van der Waals surface area contributed by atoms with E-state index in [0.717, 1.165) is 51.4 Å². The van der Waals surface area contributed by atoms with Gasteiger partial charge in [0.05, 0.1) is 0 Å². The third-order valence-electron chi connectivity index (χ3n) is 10.0. The van der Waals surface area contributed by atoms with Crippen LogP contribution in [0.5, 0.6) is 0 Å². The van der Waals surface area contributed by atoms with Gasteiger partial charge in [0.1, 0.15) is 0 Å². The molecule has 4 aliphatic rings. The lowest BCUT2D eigenvalue weighted by atomic mass is 9.45. The molecule has 0 spiro atoms. The molecule has 4 rings (SSSR count). The second-order valence-electron chi connectivity index (χ2n) is 11.3. The van der Waals surface area contributed by atoms with Gasteiger partial charge in [0.25, 0.3) is 0 Å². The maximum absolute atomic E-state index is 13.1. The summed E-state index contributed by atoms with van der Waals surface area (Å²) in [5, 5.41) is 0. The van der Waals surface area contributed by atoms with Gasteiger partial charge in [-0.25, -0.2) is 0 Å². The molecular formula is C27H40O4. The summed E-state index contributed by atoms with van der Waals surface area (Å²) in [4.78, 5) is 37.8. The number of allylic oxidation sites excluding steroid dienone is 2. The Morgan fingerprint density at radius 3 is 2.52 bits per heavy atom. The molecule has 4 heteroatoms. The fourth-order valence-corrected chi connectivity index (χ4v) is 8.22. The van der Waals surface area contributed by atoms with Crippen LogP contribution in [0.3, 0.4) is 0 Å². The zero-order chi connectivity index (χ0) is 22.4. The summed E-state index contributed by atoms with van der Waals surface area (Å²) < 4.78 is 6.16. The lowest BCUT2D eigenvalue weighted by Crippen LogP contribution is -2.59. The molecule has 0 aliphatic heterocycles. The molecule has 0 aromatic heterocycles. The summed E-state index contributed by atoms with van der Waals surface area (Å²) in [6, 6.07) is 0. The first kappa shape index (κ1) is 22.7. The van der Waals surface area contributed by atoms with Gasteiger partial charge in [-0.1, -0.05) is 39.7 Å². The lowest BCUT2D eigenvalue weighted by Gasteiger charge is -2.59. The van der Waals surface area contributed by atoms with Crippen LogP contribution in [-0.4, -0.2) is 23.1 Å². The van der Waals surface area contributed by atoms with Crippen molar-refractivity contribution < 1.29 is 19.1 Å². The Labute approximate surface area is 187 Å². The molecule has 4 nitrogen and oxygen atoms in total. The van der Waals surface area contributed by atoms with Crippen LogP contribution in [0.4, 0.5) is 0 Å². The Hall–Kier alpha value is -1.45. The van der Waals surface area contributed by atoms with Gasteiger partial charge in [0.2, 0.25) is 0 Å². The van der Waals surface area contributed by atoms with Crippen molar-refractivity contribution in [1.29, 1.82) is 0 Å². The number of carbonyl (C=O) groups excluding carboxylic acids is 3. The number of rotatable bonds is 6. The second kappa shape index (κ2) is 8.15. The average molecular weight is 429 g/mol. The van der Waals surface area contributed by atoms with Crippen LogP contribution in [0.25, 0.3) is 0 Å². The van der Waals surface area contributed by atoms with E-state index in [2.05, 4.69) is 26.8 Å². The number of hydrogen-bond acceptors (Lipinski definition) is 4. The summed E-state index contributed by atoms with van der Waals surface area (Å²) in [7, 11) is 0. The topological polar surface area (TPSA) is 60.4 Å². The highest BCUT2D eigenvalue weighted by Crippen LogP contribution is 2.68. The second-order valence-corrected chi connectivity index (χ2v) is 11.3.